The predicted octanol–water partition coefficient (Wildman–Crippen LogP) is 3.31. The molecule has 0 amide bonds. The van der Waals surface area contributed by atoms with Crippen molar-refractivity contribution in [3.63, 3.8) is 0 Å². The third kappa shape index (κ3) is 2.54. The van der Waals surface area contributed by atoms with Crippen molar-refractivity contribution in [2.24, 2.45) is 0 Å². The number of anilines is 1. The van der Waals surface area contributed by atoms with Crippen LogP contribution in [0.3, 0.4) is 0 Å². The molecule has 2 rings (SSSR count). The third-order valence-electron chi connectivity index (χ3n) is 2.64. The van der Waals surface area contributed by atoms with Gasteiger partial charge in [-0.3, -0.25) is 4.68 Å². The zero-order chi connectivity index (χ0) is 14.2. The Labute approximate surface area is 106 Å². The summed E-state index contributed by atoms with van der Waals surface area (Å²) in [5.74, 6) is -0.677. The molecular formula is C12H11F4N3. The molecule has 0 fully saturated rings. The molecule has 0 spiro atoms. The Morgan fingerprint density at radius 2 is 1.95 bits per heavy atom. The first-order valence-corrected chi connectivity index (χ1v) is 5.53. The maximum atomic E-state index is 13.8. The number of nitrogen functional groups attached to an aromatic ring is 1. The lowest BCUT2D eigenvalue weighted by Gasteiger charge is -2.06. The van der Waals surface area contributed by atoms with E-state index in [2.05, 4.69) is 5.10 Å². The third-order valence-corrected chi connectivity index (χ3v) is 2.64. The van der Waals surface area contributed by atoms with Crippen LogP contribution >= 0.6 is 0 Å². The maximum Gasteiger partial charge on any atom is 0.435 e. The molecule has 0 aliphatic heterocycles. The average Bonchev–Trinajstić information content (AvgIpc) is 2.72. The average molecular weight is 273 g/mol. The van der Waals surface area contributed by atoms with Gasteiger partial charge in [0.2, 0.25) is 0 Å². The van der Waals surface area contributed by atoms with Crippen LogP contribution in [-0.4, -0.2) is 9.78 Å². The van der Waals surface area contributed by atoms with Crippen molar-refractivity contribution in [1.29, 1.82) is 0 Å². The number of nitrogens with two attached hydrogens (primary N) is 1. The van der Waals surface area contributed by atoms with Gasteiger partial charge in [0.05, 0.1) is 5.69 Å². The molecule has 3 nitrogen and oxygen atoms in total. The molecule has 7 heteroatoms. The van der Waals surface area contributed by atoms with Crippen molar-refractivity contribution >= 4 is 5.69 Å². The largest absolute Gasteiger partial charge is 0.435 e. The molecule has 0 aliphatic rings. The van der Waals surface area contributed by atoms with E-state index in [9.17, 15) is 17.6 Å². The highest BCUT2D eigenvalue weighted by atomic mass is 19.4. The Kier molecular flexibility index (Phi) is 3.21. The van der Waals surface area contributed by atoms with E-state index in [0.29, 0.717) is 0 Å². The second-order valence-electron chi connectivity index (χ2n) is 3.97. The molecule has 19 heavy (non-hydrogen) atoms. The molecule has 0 aliphatic carbocycles. The summed E-state index contributed by atoms with van der Waals surface area (Å²) in [6.45, 7) is 1.83. The quantitative estimate of drug-likeness (QED) is 0.674. The number of alkyl halides is 3. The Morgan fingerprint density at radius 1 is 1.26 bits per heavy atom. The van der Waals surface area contributed by atoms with Crippen LogP contribution in [0.5, 0.6) is 0 Å². The van der Waals surface area contributed by atoms with Crippen molar-refractivity contribution in [2.75, 3.05) is 5.73 Å². The standard InChI is InChI=1S/C12H11F4N3/c1-2-19-10(6-11(18-19)12(14,15)16)8-4-3-7(17)5-9(8)13/h3-6H,2,17H2,1H3. The van der Waals surface area contributed by atoms with Crippen LogP contribution in [0.25, 0.3) is 11.3 Å². The van der Waals surface area contributed by atoms with Crippen molar-refractivity contribution in [1.82, 2.24) is 9.78 Å². The zero-order valence-corrected chi connectivity index (χ0v) is 10.0. The predicted molar refractivity (Wildman–Crippen MR) is 62.7 cm³/mol. The highest BCUT2D eigenvalue weighted by Crippen LogP contribution is 2.32. The molecule has 0 radical (unpaired) electrons. The minimum absolute atomic E-state index is 0.0408. The van der Waals surface area contributed by atoms with Gasteiger partial charge in [0.1, 0.15) is 5.82 Å². The van der Waals surface area contributed by atoms with E-state index in [0.717, 1.165) is 16.8 Å². The molecular weight excluding hydrogens is 262 g/mol. The van der Waals surface area contributed by atoms with Gasteiger partial charge >= 0.3 is 6.18 Å². The van der Waals surface area contributed by atoms with Gasteiger partial charge in [-0.05, 0) is 31.2 Å². The van der Waals surface area contributed by atoms with Crippen LogP contribution in [0.2, 0.25) is 0 Å². The van der Waals surface area contributed by atoms with Crippen molar-refractivity contribution < 1.29 is 17.6 Å². The van der Waals surface area contributed by atoms with E-state index in [-0.39, 0.29) is 23.5 Å². The smallest absolute Gasteiger partial charge is 0.399 e. The Morgan fingerprint density at radius 3 is 2.47 bits per heavy atom. The Bertz CT molecular complexity index is 602. The molecule has 0 atom stereocenters. The Balaban J connectivity index is 2.58. The summed E-state index contributed by atoms with van der Waals surface area (Å²) < 4.78 is 52.7. The van der Waals surface area contributed by atoms with E-state index in [4.69, 9.17) is 5.73 Å². The zero-order valence-electron chi connectivity index (χ0n) is 10.0. The number of hydrogen-bond donors (Lipinski definition) is 1. The fraction of sp³-hybridized carbons (Fsp3) is 0.250. The van der Waals surface area contributed by atoms with E-state index in [1.807, 2.05) is 0 Å². The molecule has 102 valence electrons. The van der Waals surface area contributed by atoms with Crippen LogP contribution in [0.4, 0.5) is 23.2 Å². The first-order valence-electron chi connectivity index (χ1n) is 5.53. The minimum atomic E-state index is -4.56. The first kappa shape index (κ1) is 13.4. The maximum absolute atomic E-state index is 13.8. The molecule has 0 unspecified atom stereocenters. The number of nitrogens with zero attached hydrogens (tertiary/aromatic N) is 2. The van der Waals surface area contributed by atoms with Crippen LogP contribution < -0.4 is 5.73 Å². The topological polar surface area (TPSA) is 43.8 Å². The van der Waals surface area contributed by atoms with E-state index in [1.165, 1.54) is 12.1 Å². The summed E-state index contributed by atoms with van der Waals surface area (Å²) in [4.78, 5) is 0. The summed E-state index contributed by atoms with van der Waals surface area (Å²) in [6.07, 6.45) is -4.56. The normalized spacial score (nSPS) is 11.8. The number of halogens is 4. The molecule has 2 aromatic rings. The summed E-state index contributed by atoms with van der Waals surface area (Å²) >= 11 is 0. The van der Waals surface area contributed by atoms with E-state index in [1.54, 1.807) is 6.92 Å². The minimum Gasteiger partial charge on any atom is -0.399 e. The molecule has 1 aromatic heterocycles. The second kappa shape index (κ2) is 4.56. The van der Waals surface area contributed by atoms with Crippen molar-refractivity contribution in [3.8, 4) is 11.3 Å². The summed E-state index contributed by atoms with van der Waals surface area (Å²) in [5.41, 5.74) is 4.69. The van der Waals surface area contributed by atoms with Gasteiger partial charge < -0.3 is 5.73 Å². The highest BCUT2D eigenvalue weighted by Gasteiger charge is 2.35. The van der Waals surface area contributed by atoms with Crippen LogP contribution in [0.15, 0.2) is 24.3 Å². The van der Waals surface area contributed by atoms with Gasteiger partial charge in [-0.2, -0.15) is 18.3 Å². The molecule has 0 saturated carbocycles. The summed E-state index contributed by atoms with van der Waals surface area (Å²) in [6, 6.07) is 4.67. The van der Waals surface area contributed by atoms with Gasteiger partial charge in [-0.1, -0.05) is 0 Å². The number of hydrogen-bond acceptors (Lipinski definition) is 2. The number of aryl methyl sites for hydroxylation is 1. The summed E-state index contributed by atoms with van der Waals surface area (Å²) in [5, 5.41) is 3.43. The van der Waals surface area contributed by atoms with Gasteiger partial charge in [-0.15, -0.1) is 0 Å². The lowest BCUT2D eigenvalue weighted by molar-refractivity contribution is -0.141. The van der Waals surface area contributed by atoms with E-state index >= 15 is 0 Å². The SMILES string of the molecule is CCn1nc(C(F)(F)F)cc1-c1ccc(N)cc1F. The van der Waals surface area contributed by atoms with Gasteiger partial charge in [0, 0.05) is 17.8 Å². The molecule has 1 aromatic carbocycles. The van der Waals surface area contributed by atoms with E-state index < -0.39 is 17.7 Å². The lowest BCUT2D eigenvalue weighted by atomic mass is 10.1. The molecule has 2 N–H and O–H groups in total. The number of benzene rings is 1. The Hall–Kier alpha value is -2.05. The summed E-state index contributed by atoms with van der Waals surface area (Å²) in [7, 11) is 0. The highest BCUT2D eigenvalue weighted by molar-refractivity contribution is 5.63. The van der Waals surface area contributed by atoms with Crippen LogP contribution in [-0.2, 0) is 12.7 Å². The number of aromatic nitrogens is 2. The second-order valence-corrected chi connectivity index (χ2v) is 3.97. The number of rotatable bonds is 2. The van der Waals surface area contributed by atoms with Crippen LogP contribution in [0.1, 0.15) is 12.6 Å². The lowest BCUT2D eigenvalue weighted by Crippen LogP contribution is -2.07. The fourth-order valence-corrected chi connectivity index (χ4v) is 1.75. The van der Waals surface area contributed by atoms with Crippen molar-refractivity contribution in [3.05, 3.63) is 35.8 Å². The van der Waals surface area contributed by atoms with Gasteiger partial charge in [-0.25, -0.2) is 4.39 Å². The molecule has 1 heterocycles. The molecule has 0 saturated heterocycles. The first-order chi connectivity index (χ1) is 8.82. The van der Waals surface area contributed by atoms with Crippen LogP contribution in [0, 0.1) is 5.82 Å². The fourth-order valence-electron chi connectivity index (χ4n) is 1.75. The monoisotopic (exact) mass is 273 g/mol. The van der Waals surface area contributed by atoms with Crippen molar-refractivity contribution in [2.45, 2.75) is 19.6 Å². The van der Waals surface area contributed by atoms with Gasteiger partial charge in [0.15, 0.2) is 5.69 Å². The molecule has 0 bridgehead atoms. The van der Waals surface area contributed by atoms with Gasteiger partial charge in [0.25, 0.3) is 0 Å².